The van der Waals surface area contributed by atoms with Crippen LogP contribution in [0.15, 0.2) is 0 Å². The molecule has 2 atom stereocenters. The van der Waals surface area contributed by atoms with Gasteiger partial charge in [-0.1, -0.05) is 6.92 Å². The molecule has 0 aromatic rings. The van der Waals surface area contributed by atoms with Gasteiger partial charge in [-0.2, -0.15) is 0 Å². The Morgan fingerprint density at radius 3 is 1.86 bits per heavy atom. The van der Waals surface area contributed by atoms with Crippen LogP contribution in [0.4, 0.5) is 0 Å². The van der Waals surface area contributed by atoms with Crippen molar-refractivity contribution in [2.45, 2.75) is 13.3 Å². The van der Waals surface area contributed by atoms with Gasteiger partial charge in [-0.25, -0.2) is 4.57 Å². The molecule has 11 heteroatoms. The van der Waals surface area contributed by atoms with Crippen LogP contribution in [0.3, 0.4) is 0 Å². The van der Waals surface area contributed by atoms with E-state index < -0.39 is 29.6 Å². The van der Waals surface area contributed by atoms with Gasteiger partial charge in [0.25, 0.3) is 5.52 Å². The molecule has 0 spiro atoms. The molecule has 0 aliphatic heterocycles. The summed E-state index contributed by atoms with van der Waals surface area (Å²) in [6.45, 7) is 1.29. The highest BCUT2D eigenvalue weighted by Crippen LogP contribution is 2.60. The predicted molar refractivity (Wildman–Crippen MR) is 44.7 cm³/mol. The van der Waals surface area contributed by atoms with Crippen LogP contribution in [0, 0.1) is 0 Å². The lowest BCUT2D eigenvalue weighted by atomic mass is 10.6. The Morgan fingerprint density at radius 1 is 1.29 bits per heavy atom. The number of hydrogen-bond donors (Lipinski definition) is 2. The maximum Gasteiger partial charge on any atom is 0.704 e. The van der Waals surface area contributed by atoms with E-state index >= 15 is 0 Å². The number of rotatable bonds is 6. The summed E-state index contributed by atoms with van der Waals surface area (Å²) in [4.78, 5) is 27.4. The second-order valence-corrected chi connectivity index (χ2v) is 5.64. The van der Waals surface area contributed by atoms with Crippen LogP contribution in [-0.4, -0.2) is 15.3 Å². The molecule has 0 saturated heterocycles. The molecule has 0 heterocycles. The molecule has 0 saturated carbocycles. The van der Waals surface area contributed by atoms with Crippen LogP contribution in [0.2, 0.25) is 0 Å². The van der Waals surface area contributed by atoms with Gasteiger partial charge in [0.15, 0.2) is 0 Å². The van der Waals surface area contributed by atoms with Gasteiger partial charge in [0, 0.05) is 15.6 Å². The van der Waals surface area contributed by atoms with E-state index in [1.807, 2.05) is 0 Å². The van der Waals surface area contributed by atoms with Crippen LogP contribution in [0.5, 0.6) is 0 Å². The second kappa shape index (κ2) is 5.73. The zero-order valence-electron chi connectivity index (χ0n) is 6.89. The Labute approximate surface area is 80.7 Å². The van der Waals surface area contributed by atoms with Gasteiger partial charge in [0.05, 0.1) is 0 Å². The summed E-state index contributed by atoms with van der Waals surface area (Å²) in [6, 6.07) is 0. The van der Waals surface area contributed by atoms with Crippen molar-refractivity contribution in [3.05, 3.63) is 0 Å². The molecule has 0 fully saturated rings. The third-order valence-electron chi connectivity index (χ3n) is 0.963. The minimum Gasteiger partial charge on any atom is -0.285 e. The largest absolute Gasteiger partial charge is 0.704 e. The summed E-state index contributed by atoms with van der Waals surface area (Å²) in [5.41, 5.74) is -1.15. The molecule has 2 unspecified atom stereocenters. The molecular weight excluding hydrogens is 257 g/mol. The first-order valence-electron chi connectivity index (χ1n) is 3.17. The Hall–Kier alpha value is -0.0600. The Kier molecular flexibility index (Phi) is 5.71. The first kappa shape index (κ1) is 13.9. The van der Waals surface area contributed by atoms with E-state index in [1.54, 1.807) is 0 Å². The van der Waals surface area contributed by atoms with E-state index in [0.717, 1.165) is 0 Å². The van der Waals surface area contributed by atoms with Crippen molar-refractivity contribution in [2.24, 2.45) is 0 Å². The van der Waals surface area contributed by atoms with Gasteiger partial charge in [0.1, 0.15) is 0 Å². The Morgan fingerprint density at radius 2 is 1.64 bits per heavy atom. The molecule has 8 nitrogen and oxygen atoms in total. The fraction of sp³-hybridized carbons (Fsp3) is 0.667. The van der Waals surface area contributed by atoms with E-state index in [1.165, 1.54) is 6.92 Å². The van der Waals surface area contributed by atoms with Crippen molar-refractivity contribution >= 4 is 29.6 Å². The molecule has 80 valence electrons. The average Bonchev–Trinajstić information content (AvgIpc) is 1.99. The van der Waals surface area contributed by atoms with E-state index in [2.05, 4.69) is 8.62 Å². The van der Waals surface area contributed by atoms with Gasteiger partial charge in [-0.05, 0) is 8.62 Å². The van der Waals surface area contributed by atoms with Crippen molar-refractivity contribution in [2.75, 3.05) is 0 Å². The molecule has 0 aromatic heterocycles. The molecule has 0 rings (SSSR count). The molecule has 0 aromatic carbocycles. The van der Waals surface area contributed by atoms with Crippen molar-refractivity contribution in [1.82, 2.24) is 0 Å². The highest BCUT2D eigenvalue weighted by molar-refractivity contribution is 7.78. The van der Waals surface area contributed by atoms with E-state index in [0.29, 0.717) is 0 Å². The quantitative estimate of drug-likeness (QED) is 0.689. The normalized spacial score (nSPS) is 17.1. The third-order valence-corrected chi connectivity index (χ3v) is 4.73. The Bertz CT molecular complexity index is 289. The number of carbonyl (C=O) groups is 1. The lowest BCUT2D eigenvalue weighted by Gasteiger charge is -1.98. The fourth-order valence-electron chi connectivity index (χ4n) is 0.484. The van der Waals surface area contributed by atoms with Gasteiger partial charge in [-0.15, -0.1) is 9.79 Å². The summed E-state index contributed by atoms with van der Waals surface area (Å²) in [7, 11) is -11.3. The van der Waals surface area contributed by atoms with Crippen molar-refractivity contribution < 1.29 is 36.9 Å². The van der Waals surface area contributed by atoms with E-state index in [4.69, 9.17) is 9.79 Å². The maximum absolute atomic E-state index is 11.3. The van der Waals surface area contributed by atoms with Gasteiger partial charge in [0.2, 0.25) is 0 Å². The average molecular weight is 264 g/mol. The SMILES string of the molecule is CCC(=O)P(=O)(O[P+](=O)O)O[P+](=O)O. The molecule has 2 N–H and O–H groups in total. The summed E-state index contributed by atoms with van der Waals surface area (Å²) < 4.78 is 39.2. The summed E-state index contributed by atoms with van der Waals surface area (Å²) >= 11 is 0. The molecule has 0 amide bonds. The summed E-state index contributed by atoms with van der Waals surface area (Å²) in [5, 5.41) is 0. The maximum atomic E-state index is 11.3. The van der Waals surface area contributed by atoms with Gasteiger partial charge >= 0.3 is 24.1 Å². The molecule has 0 bridgehead atoms. The molecule has 0 aliphatic carbocycles. The monoisotopic (exact) mass is 264 g/mol. The number of carbonyl (C=O) groups excluding carboxylic acids is 1. The molecule has 14 heavy (non-hydrogen) atoms. The third kappa shape index (κ3) is 4.44. The summed E-state index contributed by atoms with van der Waals surface area (Å²) in [6.07, 6.45) is -0.316. The van der Waals surface area contributed by atoms with Crippen LogP contribution in [0.25, 0.3) is 0 Å². The van der Waals surface area contributed by atoms with E-state index in [9.17, 15) is 18.5 Å². The standard InChI is InChI=1S/C3H5O8P3/c1-2-3(4)14(9,10-12(5)6)11-13(7)8/h2H2,1H3/p+2. The molecular formula is C3H7O8P3+2. The van der Waals surface area contributed by atoms with Crippen LogP contribution in [-0.2, 0) is 27.1 Å². The minimum absolute atomic E-state index is 0.316. The fourth-order valence-corrected chi connectivity index (χ4v) is 3.46. The predicted octanol–water partition coefficient (Wildman–Crippen LogP) is 1.45. The molecule has 0 radical (unpaired) electrons. The van der Waals surface area contributed by atoms with Crippen molar-refractivity contribution in [3.8, 4) is 0 Å². The van der Waals surface area contributed by atoms with Crippen molar-refractivity contribution in [3.63, 3.8) is 0 Å². The van der Waals surface area contributed by atoms with Gasteiger partial charge in [-0.3, -0.25) is 4.79 Å². The number of hydrogen-bond acceptors (Lipinski definition) is 6. The van der Waals surface area contributed by atoms with E-state index in [-0.39, 0.29) is 6.42 Å². The van der Waals surface area contributed by atoms with Crippen LogP contribution >= 0.6 is 24.1 Å². The summed E-state index contributed by atoms with van der Waals surface area (Å²) in [5.74, 6) is 0. The second-order valence-electron chi connectivity index (χ2n) is 1.88. The topological polar surface area (TPSA) is 127 Å². The van der Waals surface area contributed by atoms with Crippen molar-refractivity contribution in [1.29, 1.82) is 0 Å². The molecule has 0 aliphatic rings. The Balaban J connectivity index is 4.85. The zero-order valence-corrected chi connectivity index (χ0v) is 9.58. The zero-order chi connectivity index (χ0) is 11.4. The smallest absolute Gasteiger partial charge is 0.285 e. The highest BCUT2D eigenvalue weighted by atomic mass is 31.3. The lowest BCUT2D eigenvalue weighted by molar-refractivity contribution is -0.112. The van der Waals surface area contributed by atoms with Crippen LogP contribution < -0.4 is 0 Å². The highest BCUT2D eigenvalue weighted by Gasteiger charge is 2.50. The first-order chi connectivity index (χ1) is 6.31. The van der Waals surface area contributed by atoms with Gasteiger partial charge < -0.3 is 0 Å². The lowest BCUT2D eigenvalue weighted by Crippen LogP contribution is -1.99. The van der Waals surface area contributed by atoms with Crippen LogP contribution in [0.1, 0.15) is 13.3 Å². The minimum atomic E-state index is -4.63. The first-order valence-corrected chi connectivity index (χ1v) is 6.97.